The Morgan fingerprint density at radius 3 is 1.28 bits per heavy atom. The lowest BCUT2D eigenvalue weighted by atomic mass is 9.96. The molecule has 0 saturated carbocycles. The van der Waals surface area contributed by atoms with Crippen LogP contribution in [-0.2, 0) is 107 Å². The number of aliphatic hydroxyl groups excluding tert-OH is 4. The average Bonchev–Trinajstić information content (AvgIpc) is 1.71. The normalized spacial score (nSPS) is 17.8. The minimum absolute atomic E-state index is 0.000892. The summed E-state index contributed by atoms with van der Waals surface area (Å²) in [6.07, 6.45) is -3.21. The highest BCUT2D eigenvalue weighted by Gasteiger charge is 2.44. The molecule has 1 aromatic rings. The van der Waals surface area contributed by atoms with Crippen LogP contribution in [-0.4, -0.2) is 325 Å². The summed E-state index contributed by atoms with van der Waals surface area (Å²) in [5.74, 6) is -22.5. The first-order valence-corrected chi connectivity index (χ1v) is 42.6. The number of phenolic OH excluding ortho intramolecular Hbond substituents is 1. The van der Waals surface area contributed by atoms with Crippen LogP contribution in [0.5, 0.6) is 5.75 Å². The third-order valence-corrected chi connectivity index (χ3v) is 20.9. The fourth-order valence-electron chi connectivity index (χ4n) is 13.3. The molecule has 0 bridgehead atoms. The van der Waals surface area contributed by atoms with Crippen molar-refractivity contribution in [1.29, 1.82) is 0 Å². The fourth-order valence-corrected chi connectivity index (χ4v) is 13.3. The second kappa shape index (κ2) is 53.5. The van der Waals surface area contributed by atoms with Crippen LogP contribution in [0.1, 0.15) is 161 Å². The largest absolute Gasteiger partial charge is 0.508 e. The molecule has 129 heavy (non-hydrogen) atoms. The first-order valence-electron chi connectivity index (χ1n) is 42.6. The van der Waals surface area contributed by atoms with Crippen LogP contribution in [0.2, 0.25) is 0 Å². The predicted molar refractivity (Wildman–Crippen MR) is 456 cm³/mol. The molecule has 48 heteroatoms. The molecule has 0 aromatic heterocycles. The Morgan fingerprint density at radius 1 is 0.411 bits per heavy atom. The maximum absolute atomic E-state index is 14.3. The van der Waals surface area contributed by atoms with E-state index in [1.54, 1.807) is 55.4 Å². The number of nitrogens with zero attached hydrogens (tertiary/aromatic N) is 2. The van der Waals surface area contributed by atoms with Crippen molar-refractivity contribution in [1.82, 2.24) is 100 Å². The SMILES string of the molecule is CC[C@H](C)[C@H](NC(=O)[C@H](C)NC(=O)[C@H](Cc1ccc(O)cc1)NC(=O)[C@H](CC(N)=O)NC(=O)CNC(=O)[C@H](C)NC(=O)[C@@H](NC(=O)CNC(=O)[C@H](CC(C)C)NC(=O)[C@@H]1CCCN1C(=O)[C@@H](NC(=O)[C@H](C)NC(=O)[C@H](CO)NC(=O)[C@@H]1CCCN1C(=O)CNC(=O)[C@H](C)N)C(C)C)[C@@H](C)O)C(=O)N[C@@H](CC(C)C)C(=O)N[C@@H](C)C(=O)N[C@@H](CO)C(=O)N[C@H](C(=O)O)[C@@H](C)O. The molecule has 722 valence electrons. The maximum atomic E-state index is 14.3. The van der Waals surface area contributed by atoms with Gasteiger partial charge in [-0.25, -0.2) is 4.79 Å². The van der Waals surface area contributed by atoms with E-state index in [1.165, 1.54) is 61.8 Å². The van der Waals surface area contributed by atoms with Crippen LogP contribution in [0, 0.1) is 23.7 Å². The van der Waals surface area contributed by atoms with E-state index in [4.69, 9.17) is 11.5 Å². The third kappa shape index (κ3) is 36.4. The summed E-state index contributed by atoms with van der Waals surface area (Å²) in [6.45, 7) is 17.9. The number of nitrogens with one attached hydrogen (secondary N) is 17. The molecule has 2 saturated heterocycles. The summed E-state index contributed by atoms with van der Waals surface area (Å²) in [5.41, 5.74) is 11.3. The summed E-state index contributed by atoms with van der Waals surface area (Å²) in [6, 6.07) is -19.5. The summed E-state index contributed by atoms with van der Waals surface area (Å²) < 4.78 is 0. The second-order valence-corrected chi connectivity index (χ2v) is 33.3. The minimum atomic E-state index is -1.86. The number of carbonyl (C=O) groups is 21. The van der Waals surface area contributed by atoms with Crippen molar-refractivity contribution >= 4 is 124 Å². The standard InChI is InChI=1S/C81H131N21O27/c1-16-39(8)62(78(125)94-50(28-37(4)5)71(118)87-42(11)67(114)95-54(35-104)75(122)100-64(46(15)106)81(128)129)99-69(116)44(13)88-72(119)51(29-47-21-23-48(107)24-22-47)92-73(120)52(30-57(83)108)91-58(109)31-84-66(113)41(10)90-79(126)63(45(14)105)97-59(110)32-85-70(117)49(27-36(2)3)93-77(124)56-20-18-26-102(56)80(127)61(38(6)7)98-68(115)43(12)89-74(121)53(34-103)96-76(123)55-19-17-25-101(55)60(111)33-86-65(112)40(9)82/h21-24,36-46,49-56,61-64,103-107H,16-20,25-35,82H2,1-15H3,(H2,83,108)(H,84,113)(H,85,117)(H,86,112)(H,87,118)(H,88,119)(H,89,121)(H,90,126)(H,91,109)(H,92,120)(H,93,124)(H,94,125)(H,95,114)(H,96,123)(H,97,110)(H,98,115)(H,99,116)(H,100,122)(H,128,129)/t39-,40-,41-,42-,43-,44-,45+,46+,49-,50-,51-,52-,53-,54-,55-,56-,61-,62-,63-,64-/m0/s1. The number of nitrogens with two attached hydrogens (primary N) is 2. The van der Waals surface area contributed by atoms with Crippen LogP contribution in [0.25, 0.3) is 0 Å². The van der Waals surface area contributed by atoms with Gasteiger partial charge in [0.1, 0.15) is 96.4 Å². The summed E-state index contributed by atoms with van der Waals surface area (Å²) in [7, 11) is 0. The zero-order chi connectivity index (χ0) is 97.9. The Hall–Kier alpha value is -12.3. The van der Waals surface area contributed by atoms with E-state index in [2.05, 4.69) is 85.1 Å². The number of aliphatic carboxylic acids is 1. The van der Waals surface area contributed by atoms with Crippen molar-refractivity contribution < 1.29 is 131 Å². The average molecular weight is 1830 g/mol. The lowest BCUT2D eigenvalue weighted by Gasteiger charge is -2.32. The minimum Gasteiger partial charge on any atom is -0.508 e. The van der Waals surface area contributed by atoms with Gasteiger partial charge in [-0.15, -0.1) is 0 Å². The Balaban J connectivity index is 1.66. The third-order valence-electron chi connectivity index (χ3n) is 20.9. The molecule has 1 aromatic carbocycles. The molecule has 20 amide bonds. The van der Waals surface area contributed by atoms with E-state index in [0.717, 1.165) is 20.8 Å². The zero-order valence-electron chi connectivity index (χ0n) is 75.2. The van der Waals surface area contributed by atoms with Crippen molar-refractivity contribution in [3.8, 4) is 5.75 Å². The van der Waals surface area contributed by atoms with Gasteiger partial charge in [0, 0.05) is 19.5 Å². The van der Waals surface area contributed by atoms with Gasteiger partial charge in [-0.05, 0) is 128 Å². The van der Waals surface area contributed by atoms with Gasteiger partial charge in [-0.3, -0.25) is 95.9 Å². The number of aliphatic hydroxyl groups is 4. The maximum Gasteiger partial charge on any atom is 0.328 e. The molecule has 0 spiro atoms. The topological polar surface area (TPSA) is 743 Å². The van der Waals surface area contributed by atoms with E-state index in [9.17, 15) is 131 Å². The van der Waals surface area contributed by atoms with Gasteiger partial charge >= 0.3 is 5.97 Å². The second-order valence-electron chi connectivity index (χ2n) is 33.3. The van der Waals surface area contributed by atoms with E-state index >= 15 is 0 Å². The van der Waals surface area contributed by atoms with E-state index in [-0.39, 0.29) is 69.2 Å². The van der Waals surface area contributed by atoms with Crippen LogP contribution in [0.15, 0.2) is 24.3 Å². The molecule has 20 atom stereocenters. The van der Waals surface area contributed by atoms with Crippen molar-refractivity contribution in [2.24, 2.45) is 35.1 Å². The molecular formula is C81H131N21O27. The summed E-state index contributed by atoms with van der Waals surface area (Å²) >= 11 is 0. The van der Waals surface area contributed by atoms with Gasteiger partial charge < -0.3 is 142 Å². The molecule has 3 rings (SSSR count). The molecule has 2 heterocycles. The number of phenols is 1. The summed E-state index contributed by atoms with van der Waals surface area (Å²) in [5, 5.41) is 100. The Labute approximate surface area is 745 Å². The van der Waals surface area contributed by atoms with Gasteiger partial charge in [0.25, 0.3) is 0 Å². The van der Waals surface area contributed by atoms with Crippen molar-refractivity contribution in [2.75, 3.05) is 45.9 Å². The number of hydrogen-bond acceptors (Lipinski definition) is 27. The first kappa shape index (κ1) is 111. The van der Waals surface area contributed by atoms with Crippen molar-refractivity contribution in [2.45, 2.75) is 277 Å². The fraction of sp³-hybridized carbons (Fsp3) is 0.667. The Kier molecular flexibility index (Phi) is 46.0. The van der Waals surface area contributed by atoms with Crippen LogP contribution < -0.4 is 102 Å². The van der Waals surface area contributed by atoms with Gasteiger partial charge in [-0.2, -0.15) is 0 Å². The molecule has 0 radical (unpaired) electrons. The van der Waals surface area contributed by atoms with Crippen LogP contribution in [0.3, 0.4) is 0 Å². The van der Waals surface area contributed by atoms with Crippen LogP contribution >= 0.6 is 0 Å². The van der Waals surface area contributed by atoms with Crippen molar-refractivity contribution in [3.63, 3.8) is 0 Å². The molecule has 2 fully saturated rings. The van der Waals surface area contributed by atoms with E-state index < -0.39 is 290 Å². The lowest BCUT2D eigenvalue weighted by Crippen LogP contribution is -2.61. The summed E-state index contributed by atoms with van der Waals surface area (Å²) in [4.78, 5) is 284. The molecule has 48 nitrogen and oxygen atoms in total. The number of benzene rings is 1. The Morgan fingerprint density at radius 2 is 0.798 bits per heavy atom. The smallest absolute Gasteiger partial charge is 0.328 e. The van der Waals surface area contributed by atoms with Gasteiger partial charge in [0.15, 0.2) is 6.04 Å². The number of likely N-dealkylation sites (tertiary alicyclic amines) is 2. The highest BCUT2D eigenvalue weighted by molar-refractivity contribution is 6.02. The quantitative estimate of drug-likeness (QED) is 0.0288. The van der Waals surface area contributed by atoms with Crippen molar-refractivity contribution in [3.05, 3.63) is 29.8 Å². The van der Waals surface area contributed by atoms with Gasteiger partial charge in [0.2, 0.25) is 118 Å². The van der Waals surface area contributed by atoms with Gasteiger partial charge in [-0.1, -0.05) is 73.9 Å². The highest BCUT2D eigenvalue weighted by atomic mass is 16.4. The molecule has 0 unspecified atom stereocenters. The highest BCUT2D eigenvalue weighted by Crippen LogP contribution is 2.23. The molecule has 2 aliphatic heterocycles. The number of rotatable bonds is 52. The molecule has 27 N–H and O–H groups in total. The molecule has 0 aliphatic carbocycles. The number of carbonyl (C=O) groups excluding carboxylic acids is 20. The molecule has 2 aliphatic rings. The first-order chi connectivity index (χ1) is 60.3. The molecular weight excluding hydrogens is 1700 g/mol. The zero-order valence-corrected chi connectivity index (χ0v) is 75.2. The van der Waals surface area contributed by atoms with E-state index in [0.29, 0.717) is 18.4 Å². The Bertz CT molecular complexity index is 4130. The predicted octanol–water partition coefficient (Wildman–Crippen LogP) is -10.0. The number of carboxylic acid groups (broad SMARTS) is 1. The van der Waals surface area contributed by atoms with Crippen LogP contribution in [0.4, 0.5) is 0 Å². The number of carboxylic acids is 1. The number of primary amides is 1. The monoisotopic (exact) mass is 1830 g/mol. The van der Waals surface area contributed by atoms with Gasteiger partial charge in [0.05, 0.1) is 57.5 Å². The lowest BCUT2D eigenvalue weighted by molar-refractivity contribution is -0.145. The number of amides is 20. The number of aromatic hydroxyl groups is 1. The van der Waals surface area contributed by atoms with E-state index in [1.807, 2.05) is 5.32 Å². The number of hydrogen-bond donors (Lipinski definition) is 25.